The first-order chi connectivity index (χ1) is 14.6. The summed E-state index contributed by atoms with van der Waals surface area (Å²) in [5, 5.41) is 11.4. The second-order valence-corrected chi connectivity index (χ2v) is 7.27. The fraction of sp³-hybridized carbons (Fsp3) is 0.174. The number of hydrogen-bond donors (Lipinski definition) is 2. The zero-order chi connectivity index (χ0) is 20.9. The number of carbonyl (C=O) groups excluding carboxylic acids is 1. The van der Waals surface area contributed by atoms with E-state index in [9.17, 15) is 4.79 Å². The Morgan fingerprint density at radius 3 is 2.77 bits per heavy atom. The highest BCUT2D eigenvalue weighted by molar-refractivity contribution is 6.30. The van der Waals surface area contributed by atoms with Crippen LogP contribution in [0.15, 0.2) is 66.9 Å². The van der Waals surface area contributed by atoms with E-state index < -0.39 is 0 Å². The fourth-order valence-corrected chi connectivity index (χ4v) is 3.58. The molecule has 2 N–H and O–H groups in total. The van der Waals surface area contributed by atoms with E-state index in [1.54, 1.807) is 6.20 Å². The number of nitrogens with zero attached hydrogens (tertiary/aromatic N) is 2. The second-order valence-electron chi connectivity index (χ2n) is 6.89. The summed E-state index contributed by atoms with van der Waals surface area (Å²) in [7, 11) is 0. The number of benzene rings is 2. The number of hydrogen-bond acceptors (Lipinski definition) is 4. The molecule has 0 saturated carbocycles. The van der Waals surface area contributed by atoms with Gasteiger partial charge in [-0.2, -0.15) is 5.10 Å². The molecule has 2 aromatic carbocycles. The molecule has 0 saturated heterocycles. The minimum atomic E-state index is -0.318. The van der Waals surface area contributed by atoms with Gasteiger partial charge in [0, 0.05) is 16.5 Å². The number of carbonyl (C=O) groups is 1. The van der Waals surface area contributed by atoms with Crippen molar-refractivity contribution in [3.05, 3.63) is 77.6 Å². The number of ether oxygens (including phenoxy) is 1. The molecule has 0 radical (unpaired) electrons. The molecular weight excluding hydrogens is 400 g/mol. The van der Waals surface area contributed by atoms with Crippen molar-refractivity contribution in [2.45, 2.75) is 19.4 Å². The van der Waals surface area contributed by atoms with Crippen LogP contribution in [0, 0.1) is 0 Å². The summed E-state index contributed by atoms with van der Waals surface area (Å²) in [5.74, 6) is -0.138. The summed E-state index contributed by atoms with van der Waals surface area (Å²) in [6, 6.07) is 19.4. The van der Waals surface area contributed by atoms with Crippen molar-refractivity contribution in [1.82, 2.24) is 15.2 Å². The third-order valence-electron chi connectivity index (χ3n) is 4.78. The van der Waals surface area contributed by atoms with Gasteiger partial charge in [0.2, 0.25) is 5.91 Å². The number of amides is 1. The van der Waals surface area contributed by atoms with E-state index in [-0.39, 0.29) is 25.0 Å². The molecule has 0 aliphatic carbocycles. The molecular formula is C23H21ClN4O2. The van der Waals surface area contributed by atoms with Crippen LogP contribution < -0.4 is 5.32 Å². The SMILES string of the molecule is CC(OCCC(=O)Nc1cnc2ccccc2c1)c1c(-c2ccccc2)n[nH]c1Cl. The van der Waals surface area contributed by atoms with Crippen molar-refractivity contribution in [3.63, 3.8) is 0 Å². The number of aromatic amines is 1. The van der Waals surface area contributed by atoms with Gasteiger partial charge in [-0.3, -0.25) is 14.9 Å². The van der Waals surface area contributed by atoms with Gasteiger partial charge in [-0.1, -0.05) is 60.1 Å². The molecule has 6 nitrogen and oxygen atoms in total. The van der Waals surface area contributed by atoms with E-state index in [2.05, 4.69) is 20.5 Å². The van der Waals surface area contributed by atoms with E-state index in [0.29, 0.717) is 10.8 Å². The minimum absolute atomic E-state index is 0.138. The van der Waals surface area contributed by atoms with Crippen LogP contribution in [0.1, 0.15) is 25.0 Å². The number of aromatic nitrogens is 3. The van der Waals surface area contributed by atoms with Crippen LogP contribution in [0.3, 0.4) is 0 Å². The van der Waals surface area contributed by atoms with Crippen LogP contribution in [-0.2, 0) is 9.53 Å². The number of anilines is 1. The van der Waals surface area contributed by atoms with Gasteiger partial charge in [-0.05, 0) is 19.1 Å². The molecule has 0 bridgehead atoms. The predicted molar refractivity (Wildman–Crippen MR) is 118 cm³/mol. The predicted octanol–water partition coefficient (Wildman–Crippen LogP) is 5.38. The van der Waals surface area contributed by atoms with Crippen molar-refractivity contribution in [1.29, 1.82) is 0 Å². The van der Waals surface area contributed by atoms with E-state index in [1.807, 2.05) is 67.6 Å². The quantitative estimate of drug-likeness (QED) is 0.420. The summed E-state index contributed by atoms with van der Waals surface area (Å²) in [6.45, 7) is 2.15. The molecule has 0 aliphatic rings. The highest BCUT2D eigenvalue weighted by Crippen LogP contribution is 2.33. The van der Waals surface area contributed by atoms with Gasteiger partial charge >= 0.3 is 0 Å². The van der Waals surface area contributed by atoms with Gasteiger partial charge in [0.25, 0.3) is 0 Å². The average Bonchev–Trinajstić information content (AvgIpc) is 3.15. The van der Waals surface area contributed by atoms with Crippen molar-refractivity contribution in [2.24, 2.45) is 0 Å². The zero-order valence-electron chi connectivity index (χ0n) is 16.4. The first kappa shape index (κ1) is 20.1. The molecule has 2 heterocycles. The molecule has 1 unspecified atom stereocenters. The third kappa shape index (κ3) is 4.50. The molecule has 30 heavy (non-hydrogen) atoms. The Kier molecular flexibility index (Phi) is 6.07. The minimum Gasteiger partial charge on any atom is -0.373 e. The molecule has 1 amide bonds. The maximum absolute atomic E-state index is 12.3. The Hall–Kier alpha value is -3.22. The van der Waals surface area contributed by atoms with Gasteiger partial charge in [-0.15, -0.1) is 0 Å². The monoisotopic (exact) mass is 420 g/mol. The third-order valence-corrected chi connectivity index (χ3v) is 5.07. The Balaban J connectivity index is 1.35. The Morgan fingerprint density at radius 2 is 1.93 bits per heavy atom. The van der Waals surface area contributed by atoms with Crippen LogP contribution in [-0.4, -0.2) is 27.7 Å². The summed E-state index contributed by atoms with van der Waals surface area (Å²) in [5.41, 5.74) is 4.03. The summed E-state index contributed by atoms with van der Waals surface area (Å²) < 4.78 is 5.89. The number of nitrogens with one attached hydrogen (secondary N) is 2. The number of rotatable bonds is 7. The van der Waals surface area contributed by atoms with Gasteiger partial charge < -0.3 is 10.1 Å². The van der Waals surface area contributed by atoms with Crippen LogP contribution >= 0.6 is 11.6 Å². The highest BCUT2D eigenvalue weighted by atomic mass is 35.5. The molecule has 4 aromatic rings. The van der Waals surface area contributed by atoms with Crippen LogP contribution in [0.5, 0.6) is 0 Å². The van der Waals surface area contributed by atoms with E-state index in [4.69, 9.17) is 16.3 Å². The Labute approximate surface area is 179 Å². The second kappa shape index (κ2) is 9.07. The molecule has 152 valence electrons. The average molecular weight is 421 g/mol. The zero-order valence-corrected chi connectivity index (χ0v) is 17.2. The lowest BCUT2D eigenvalue weighted by molar-refractivity contribution is -0.117. The Bertz CT molecular complexity index is 1160. The van der Waals surface area contributed by atoms with E-state index >= 15 is 0 Å². The summed E-state index contributed by atoms with van der Waals surface area (Å²) in [6.07, 6.45) is 1.55. The molecule has 1 atom stereocenters. The van der Waals surface area contributed by atoms with Crippen LogP contribution in [0.4, 0.5) is 5.69 Å². The lowest BCUT2D eigenvalue weighted by atomic mass is 10.1. The van der Waals surface area contributed by atoms with Crippen LogP contribution in [0.2, 0.25) is 5.15 Å². The van der Waals surface area contributed by atoms with Crippen molar-refractivity contribution in [2.75, 3.05) is 11.9 Å². The largest absolute Gasteiger partial charge is 0.373 e. The lowest BCUT2D eigenvalue weighted by Gasteiger charge is -2.14. The molecule has 0 fully saturated rings. The number of para-hydroxylation sites is 1. The molecule has 7 heteroatoms. The van der Waals surface area contributed by atoms with E-state index in [0.717, 1.165) is 27.7 Å². The normalized spacial score (nSPS) is 12.1. The van der Waals surface area contributed by atoms with Crippen LogP contribution in [0.25, 0.3) is 22.2 Å². The fourth-order valence-electron chi connectivity index (χ4n) is 3.29. The number of fused-ring (bicyclic) bond motifs is 1. The molecule has 4 rings (SSSR count). The lowest BCUT2D eigenvalue weighted by Crippen LogP contribution is -2.15. The molecule has 0 spiro atoms. The molecule has 2 aromatic heterocycles. The van der Waals surface area contributed by atoms with Gasteiger partial charge in [0.15, 0.2) is 0 Å². The summed E-state index contributed by atoms with van der Waals surface area (Å²) in [4.78, 5) is 16.7. The molecule has 0 aliphatic heterocycles. The Morgan fingerprint density at radius 1 is 1.17 bits per heavy atom. The van der Waals surface area contributed by atoms with Crippen molar-refractivity contribution < 1.29 is 9.53 Å². The van der Waals surface area contributed by atoms with Gasteiger partial charge in [0.1, 0.15) is 5.15 Å². The maximum Gasteiger partial charge on any atom is 0.226 e. The number of H-pyrrole nitrogens is 1. The number of pyridine rings is 1. The maximum atomic E-state index is 12.3. The first-order valence-corrected chi connectivity index (χ1v) is 10.0. The van der Waals surface area contributed by atoms with Gasteiger partial charge in [-0.25, -0.2) is 0 Å². The van der Waals surface area contributed by atoms with Crippen molar-refractivity contribution >= 4 is 34.1 Å². The van der Waals surface area contributed by atoms with Gasteiger partial charge in [0.05, 0.1) is 42.2 Å². The highest BCUT2D eigenvalue weighted by Gasteiger charge is 2.20. The standard InChI is InChI=1S/C23H21ClN4O2/c1-15(21-22(27-28-23(21)24)16-7-3-2-4-8-16)30-12-11-20(29)26-18-13-17-9-5-6-10-19(17)25-14-18/h2-10,13-15H,11-12H2,1H3,(H,26,29)(H,27,28). The topological polar surface area (TPSA) is 79.9 Å². The van der Waals surface area contributed by atoms with Crippen molar-refractivity contribution in [3.8, 4) is 11.3 Å². The number of halogens is 1. The smallest absolute Gasteiger partial charge is 0.226 e. The first-order valence-electron chi connectivity index (χ1n) is 9.67. The van der Waals surface area contributed by atoms with E-state index in [1.165, 1.54) is 0 Å². The summed E-state index contributed by atoms with van der Waals surface area (Å²) >= 11 is 6.30.